The molecule has 7 nitrogen and oxygen atoms in total. The first kappa shape index (κ1) is 19.0. The highest BCUT2D eigenvalue weighted by Crippen LogP contribution is 2.50. The van der Waals surface area contributed by atoms with Crippen LogP contribution in [0.15, 0.2) is 0 Å². The molecule has 1 spiro atoms. The minimum atomic E-state index is -0.765. The number of amides is 2. The van der Waals surface area contributed by atoms with Gasteiger partial charge in [0.15, 0.2) is 0 Å². The van der Waals surface area contributed by atoms with E-state index in [0.717, 1.165) is 71.1 Å². The van der Waals surface area contributed by atoms with E-state index >= 15 is 0 Å². The van der Waals surface area contributed by atoms with Crippen molar-refractivity contribution in [3.05, 3.63) is 0 Å². The van der Waals surface area contributed by atoms with Crippen molar-refractivity contribution in [1.82, 2.24) is 14.7 Å². The van der Waals surface area contributed by atoms with E-state index in [0.29, 0.717) is 24.5 Å². The summed E-state index contributed by atoms with van der Waals surface area (Å²) in [5, 5.41) is 9.19. The first-order valence-electron chi connectivity index (χ1n) is 10.7. The molecule has 2 atom stereocenters. The largest absolute Gasteiger partial charge is 0.465 e. The minimum Gasteiger partial charge on any atom is -0.465 e. The Kier molecular flexibility index (Phi) is 5.10. The van der Waals surface area contributed by atoms with Crippen molar-refractivity contribution in [2.24, 2.45) is 17.1 Å². The van der Waals surface area contributed by atoms with Crippen LogP contribution in [0.2, 0.25) is 0 Å². The summed E-state index contributed by atoms with van der Waals surface area (Å²) in [6, 6.07) is 0.621. The SMILES string of the molecule is C[C@H](N)C(=O)N1CCC[C@H]1C1CCN(C2CC3(CCN(C(=O)O)C3)C2)CC1. The van der Waals surface area contributed by atoms with Gasteiger partial charge in [0.25, 0.3) is 0 Å². The standard InChI is InChI=1S/C20H34N4O3/c1-14(21)18(25)24-7-2-3-17(24)15-4-8-22(9-5-15)16-11-20(12-16)6-10-23(13-20)19(26)27/h14-17H,2-13,21H2,1H3,(H,26,27)/t14-,16?,17-,20?/m0/s1. The van der Waals surface area contributed by atoms with Crippen molar-refractivity contribution < 1.29 is 14.7 Å². The summed E-state index contributed by atoms with van der Waals surface area (Å²) < 4.78 is 0. The van der Waals surface area contributed by atoms with E-state index in [1.165, 1.54) is 0 Å². The summed E-state index contributed by atoms with van der Waals surface area (Å²) in [6.45, 7) is 6.33. The van der Waals surface area contributed by atoms with Crippen molar-refractivity contribution in [2.75, 3.05) is 32.7 Å². The van der Waals surface area contributed by atoms with E-state index in [4.69, 9.17) is 5.73 Å². The Hall–Kier alpha value is -1.34. The van der Waals surface area contributed by atoms with Crippen LogP contribution in [0.5, 0.6) is 0 Å². The molecular formula is C20H34N4O3. The van der Waals surface area contributed by atoms with Gasteiger partial charge in [0.05, 0.1) is 6.04 Å². The van der Waals surface area contributed by atoms with Crippen molar-refractivity contribution in [3.8, 4) is 0 Å². The van der Waals surface area contributed by atoms with Crippen LogP contribution in [0.3, 0.4) is 0 Å². The molecule has 152 valence electrons. The second kappa shape index (κ2) is 7.24. The Bertz CT molecular complexity index is 582. The molecule has 0 aromatic rings. The molecule has 3 heterocycles. The molecular weight excluding hydrogens is 344 g/mol. The summed E-state index contributed by atoms with van der Waals surface area (Å²) >= 11 is 0. The fraction of sp³-hybridized carbons (Fsp3) is 0.900. The third-order valence-corrected chi connectivity index (χ3v) is 7.65. The number of carbonyl (C=O) groups excluding carboxylic acids is 1. The van der Waals surface area contributed by atoms with Gasteiger partial charge in [-0.25, -0.2) is 4.79 Å². The highest BCUT2D eigenvalue weighted by Gasteiger charge is 2.51. The Morgan fingerprint density at radius 1 is 1.11 bits per heavy atom. The Balaban J connectivity index is 1.26. The number of hydrogen-bond donors (Lipinski definition) is 2. The van der Waals surface area contributed by atoms with E-state index in [1.54, 1.807) is 11.8 Å². The highest BCUT2D eigenvalue weighted by atomic mass is 16.4. The monoisotopic (exact) mass is 378 g/mol. The van der Waals surface area contributed by atoms with Crippen LogP contribution < -0.4 is 5.73 Å². The second-order valence-electron chi connectivity index (χ2n) is 9.42. The van der Waals surface area contributed by atoms with Gasteiger partial charge in [0.2, 0.25) is 5.91 Å². The van der Waals surface area contributed by atoms with E-state index in [9.17, 15) is 14.7 Å². The Morgan fingerprint density at radius 2 is 1.81 bits per heavy atom. The fourth-order valence-corrected chi connectivity index (χ4v) is 6.12. The maximum atomic E-state index is 12.4. The molecule has 4 rings (SSSR count). The molecule has 2 amide bonds. The molecule has 4 fully saturated rings. The third-order valence-electron chi connectivity index (χ3n) is 7.65. The fourth-order valence-electron chi connectivity index (χ4n) is 6.12. The quantitative estimate of drug-likeness (QED) is 0.778. The van der Waals surface area contributed by atoms with Gasteiger partial charge < -0.3 is 25.5 Å². The predicted octanol–water partition coefficient (Wildman–Crippen LogP) is 1.57. The summed E-state index contributed by atoms with van der Waals surface area (Å²) in [4.78, 5) is 29.8. The molecule has 1 aliphatic carbocycles. The van der Waals surface area contributed by atoms with E-state index < -0.39 is 12.1 Å². The molecule has 27 heavy (non-hydrogen) atoms. The lowest BCUT2D eigenvalue weighted by molar-refractivity contribution is -0.134. The highest BCUT2D eigenvalue weighted by molar-refractivity contribution is 5.81. The Labute approximate surface area is 161 Å². The van der Waals surface area contributed by atoms with Crippen LogP contribution in [-0.4, -0.2) is 82.7 Å². The summed E-state index contributed by atoms with van der Waals surface area (Å²) in [6.07, 6.45) is 7.13. The molecule has 0 aromatic heterocycles. The summed E-state index contributed by atoms with van der Waals surface area (Å²) in [7, 11) is 0. The predicted molar refractivity (Wildman–Crippen MR) is 102 cm³/mol. The molecule has 0 radical (unpaired) electrons. The molecule has 0 bridgehead atoms. The maximum absolute atomic E-state index is 12.4. The number of likely N-dealkylation sites (tertiary alicyclic amines) is 3. The molecule has 7 heteroatoms. The average molecular weight is 379 g/mol. The third kappa shape index (κ3) is 3.56. The van der Waals surface area contributed by atoms with E-state index in [1.807, 2.05) is 0 Å². The molecule has 4 aliphatic rings. The van der Waals surface area contributed by atoms with Crippen molar-refractivity contribution >= 4 is 12.0 Å². The molecule has 3 N–H and O–H groups in total. The minimum absolute atomic E-state index is 0.116. The van der Waals surface area contributed by atoms with E-state index in [-0.39, 0.29) is 11.3 Å². The molecule has 3 saturated heterocycles. The maximum Gasteiger partial charge on any atom is 0.407 e. The van der Waals surface area contributed by atoms with Gasteiger partial charge >= 0.3 is 6.09 Å². The normalized spacial score (nSPS) is 36.2. The lowest BCUT2D eigenvalue weighted by Crippen LogP contribution is -2.55. The van der Waals surface area contributed by atoms with Crippen LogP contribution in [0.4, 0.5) is 4.79 Å². The summed E-state index contributed by atoms with van der Waals surface area (Å²) in [5.41, 5.74) is 6.10. The number of carbonyl (C=O) groups is 2. The Morgan fingerprint density at radius 3 is 2.41 bits per heavy atom. The zero-order chi connectivity index (χ0) is 19.2. The van der Waals surface area contributed by atoms with Gasteiger partial charge in [0.1, 0.15) is 0 Å². The van der Waals surface area contributed by atoms with Crippen molar-refractivity contribution in [3.63, 3.8) is 0 Å². The van der Waals surface area contributed by atoms with E-state index in [2.05, 4.69) is 9.80 Å². The van der Waals surface area contributed by atoms with Crippen LogP contribution in [0.1, 0.15) is 51.9 Å². The number of nitrogens with two attached hydrogens (primary N) is 1. The van der Waals surface area contributed by atoms with Crippen LogP contribution >= 0.6 is 0 Å². The van der Waals surface area contributed by atoms with Crippen LogP contribution in [-0.2, 0) is 4.79 Å². The van der Waals surface area contributed by atoms with Crippen LogP contribution in [0, 0.1) is 11.3 Å². The topological polar surface area (TPSA) is 90.1 Å². The molecule has 0 aromatic carbocycles. The summed E-state index contributed by atoms with van der Waals surface area (Å²) in [5.74, 6) is 0.722. The number of nitrogens with zero attached hydrogens (tertiary/aromatic N) is 3. The number of rotatable bonds is 3. The first-order valence-corrected chi connectivity index (χ1v) is 10.7. The van der Waals surface area contributed by atoms with Gasteiger partial charge in [-0.05, 0) is 76.3 Å². The first-order chi connectivity index (χ1) is 12.9. The van der Waals surface area contributed by atoms with Gasteiger partial charge in [-0.15, -0.1) is 0 Å². The molecule has 3 aliphatic heterocycles. The smallest absolute Gasteiger partial charge is 0.407 e. The van der Waals surface area contributed by atoms with Gasteiger partial charge in [-0.2, -0.15) is 0 Å². The lowest BCUT2D eigenvalue weighted by atomic mass is 9.64. The lowest BCUT2D eigenvalue weighted by Gasteiger charge is -2.52. The van der Waals surface area contributed by atoms with Gasteiger partial charge in [-0.3, -0.25) is 4.79 Å². The number of carboxylic acid groups (broad SMARTS) is 1. The van der Waals surface area contributed by atoms with Gasteiger partial charge in [0, 0.05) is 31.7 Å². The van der Waals surface area contributed by atoms with Crippen molar-refractivity contribution in [1.29, 1.82) is 0 Å². The van der Waals surface area contributed by atoms with Crippen LogP contribution in [0.25, 0.3) is 0 Å². The van der Waals surface area contributed by atoms with Gasteiger partial charge in [-0.1, -0.05) is 0 Å². The zero-order valence-electron chi connectivity index (χ0n) is 16.5. The van der Waals surface area contributed by atoms with Crippen molar-refractivity contribution in [2.45, 2.75) is 70.0 Å². The molecule has 0 unspecified atom stereocenters. The average Bonchev–Trinajstić information content (AvgIpc) is 3.27. The second-order valence-corrected chi connectivity index (χ2v) is 9.42. The molecule has 1 saturated carbocycles. The number of hydrogen-bond acceptors (Lipinski definition) is 4. The zero-order valence-corrected chi connectivity index (χ0v) is 16.5. The number of piperidine rings is 1.